The van der Waals surface area contributed by atoms with Gasteiger partial charge in [0.25, 0.3) is 0 Å². The predicted octanol–water partition coefficient (Wildman–Crippen LogP) is 2.11. The maximum absolute atomic E-state index is 12.5. The van der Waals surface area contributed by atoms with Gasteiger partial charge in [-0.3, -0.25) is 9.48 Å². The Morgan fingerprint density at radius 3 is 2.42 bits per heavy atom. The van der Waals surface area contributed by atoms with Gasteiger partial charge in [-0.15, -0.1) is 0 Å². The summed E-state index contributed by atoms with van der Waals surface area (Å²) in [6.45, 7) is 8.82. The van der Waals surface area contributed by atoms with Crippen LogP contribution in [0.3, 0.4) is 0 Å². The highest BCUT2D eigenvalue weighted by Crippen LogP contribution is 2.31. The van der Waals surface area contributed by atoms with Crippen LogP contribution in [0.2, 0.25) is 0 Å². The minimum Gasteiger partial charge on any atom is -0.341 e. The van der Waals surface area contributed by atoms with Gasteiger partial charge >= 0.3 is 6.03 Å². The Labute approximate surface area is 143 Å². The highest BCUT2D eigenvalue weighted by Gasteiger charge is 2.34. The molecule has 1 aliphatic carbocycles. The maximum Gasteiger partial charge on any atom is 0.321 e. The highest BCUT2D eigenvalue weighted by molar-refractivity contribution is 5.89. The molecule has 1 saturated heterocycles. The molecule has 1 aliphatic heterocycles. The Hall–Kier alpha value is -2.05. The van der Waals surface area contributed by atoms with E-state index in [9.17, 15) is 9.59 Å². The molecule has 2 fully saturated rings. The third kappa shape index (κ3) is 3.88. The van der Waals surface area contributed by atoms with Crippen molar-refractivity contribution in [1.29, 1.82) is 0 Å². The Morgan fingerprint density at radius 1 is 1.12 bits per heavy atom. The van der Waals surface area contributed by atoms with E-state index in [1.807, 2.05) is 15.8 Å². The Balaban J connectivity index is 1.55. The number of amides is 3. The third-order valence-electron chi connectivity index (χ3n) is 4.54. The van der Waals surface area contributed by atoms with Crippen molar-refractivity contribution in [3.63, 3.8) is 0 Å². The lowest BCUT2D eigenvalue weighted by molar-refractivity contribution is -0.132. The summed E-state index contributed by atoms with van der Waals surface area (Å²) in [6, 6.07) is -0.121. The van der Waals surface area contributed by atoms with E-state index in [1.165, 1.54) is 0 Å². The molecule has 3 rings (SSSR count). The van der Waals surface area contributed by atoms with Gasteiger partial charge in [0.15, 0.2) is 0 Å². The molecule has 1 saturated carbocycles. The average Bonchev–Trinajstić information content (AvgIpc) is 3.29. The van der Waals surface area contributed by atoms with E-state index in [0.717, 1.165) is 25.8 Å². The molecule has 132 valence electrons. The zero-order valence-corrected chi connectivity index (χ0v) is 14.8. The lowest BCUT2D eigenvalue weighted by atomic mass is 10.1. The fourth-order valence-corrected chi connectivity index (χ4v) is 2.89. The monoisotopic (exact) mass is 333 g/mol. The summed E-state index contributed by atoms with van der Waals surface area (Å²) in [4.78, 5) is 28.4. The van der Waals surface area contributed by atoms with E-state index >= 15 is 0 Å². The molecule has 7 heteroatoms. The van der Waals surface area contributed by atoms with Gasteiger partial charge in [0.05, 0.1) is 17.4 Å². The quantitative estimate of drug-likeness (QED) is 0.901. The van der Waals surface area contributed by atoms with Crippen molar-refractivity contribution in [3.8, 4) is 0 Å². The van der Waals surface area contributed by atoms with E-state index in [0.29, 0.717) is 25.3 Å². The van der Waals surface area contributed by atoms with Crippen molar-refractivity contribution in [2.24, 2.45) is 5.92 Å². The summed E-state index contributed by atoms with van der Waals surface area (Å²) in [5.74, 6) is 0.511. The molecule has 2 aliphatic rings. The van der Waals surface area contributed by atoms with E-state index in [4.69, 9.17) is 0 Å². The van der Waals surface area contributed by atoms with Crippen molar-refractivity contribution < 1.29 is 9.59 Å². The predicted molar refractivity (Wildman–Crippen MR) is 91.7 cm³/mol. The van der Waals surface area contributed by atoms with Crippen LogP contribution in [-0.4, -0.2) is 57.7 Å². The van der Waals surface area contributed by atoms with Gasteiger partial charge < -0.3 is 15.1 Å². The minimum atomic E-state index is -0.121. The summed E-state index contributed by atoms with van der Waals surface area (Å²) in [7, 11) is 0. The number of nitrogens with zero attached hydrogens (tertiary/aromatic N) is 4. The third-order valence-corrected chi connectivity index (χ3v) is 4.54. The Bertz CT molecular complexity index is 615. The SMILES string of the molecule is CC(C)(C)n1cc(NC(=O)N2CCCN(C(=O)C3CC3)CC2)cn1. The summed E-state index contributed by atoms with van der Waals surface area (Å²) in [5, 5.41) is 7.21. The Morgan fingerprint density at radius 2 is 1.79 bits per heavy atom. The van der Waals surface area contributed by atoms with Crippen molar-refractivity contribution in [2.75, 3.05) is 31.5 Å². The van der Waals surface area contributed by atoms with Crippen LogP contribution in [0.25, 0.3) is 0 Å². The highest BCUT2D eigenvalue weighted by atomic mass is 16.2. The van der Waals surface area contributed by atoms with Crippen molar-refractivity contribution in [1.82, 2.24) is 19.6 Å². The number of rotatable bonds is 2. The Kier molecular flexibility index (Phi) is 4.51. The van der Waals surface area contributed by atoms with Gasteiger partial charge in [-0.2, -0.15) is 5.10 Å². The fraction of sp³-hybridized carbons (Fsp3) is 0.706. The first-order chi connectivity index (χ1) is 11.3. The molecule has 0 radical (unpaired) electrons. The number of carbonyl (C=O) groups excluding carboxylic acids is 2. The molecule has 3 amide bonds. The van der Waals surface area contributed by atoms with Crippen LogP contribution >= 0.6 is 0 Å². The number of nitrogens with one attached hydrogen (secondary N) is 1. The van der Waals surface area contributed by atoms with Crippen molar-refractivity contribution in [3.05, 3.63) is 12.4 Å². The second-order valence-electron chi connectivity index (χ2n) is 7.71. The molecule has 1 aromatic heterocycles. The van der Waals surface area contributed by atoms with E-state index in [1.54, 1.807) is 11.1 Å². The molecule has 0 spiro atoms. The largest absolute Gasteiger partial charge is 0.341 e. The van der Waals surface area contributed by atoms with Crippen LogP contribution in [0.15, 0.2) is 12.4 Å². The second-order valence-corrected chi connectivity index (χ2v) is 7.71. The first kappa shape index (κ1) is 16.8. The van der Waals surface area contributed by atoms with E-state index in [2.05, 4.69) is 31.2 Å². The summed E-state index contributed by atoms with van der Waals surface area (Å²) < 4.78 is 1.83. The number of hydrogen-bond donors (Lipinski definition) is 1. The number of anilines is 1. The second kappa shape index (κ2) is 6.45. The standard InChI is InChI=1S/C17H27N5O2/c1-17(2,3)22-12-14(11-18-22)19-16(24)21-8-4-7-20(9-10-21)15(23)13-5-6-13/h11-13H,4-10H2,1-3H3,(H,19,24). The molecular weight excluding hydrogens is 306 g/mol. The maximum atomic E-state index is 12.5. The molecule has 2 heterocycles. The molecular formula is C17H27N5O2. The minimum absolute atomic E-state index is 0.116. The number of carbonyl (C=O) groups is 2. The van der Waals surface area contributed by atoms with Gasteiger partial charge in [0.2, 0.25) is 5.91 Å². The summed E-state index contributed by atoms with van der Waals surface area (Å²) in [5.41, 5.74) is 0.583. The van der Waals surface area contributed by atoms with Crippen molar-refractivity contribution >= 4 is 17.6 Å². The molecule has 1 aromatic rings. The van der Waals surface area contributed by atoms with Gasteiger partial charge in [0, 0.05) is 38.3 Å². The van der Waals surface area contributed by atoms with E-state index in [-0.39, 0.29) is 23.4 Å². The smallest absolute Gasteiger partial charge is 0.321 e. The first-order valence-corrected chi connectivity index (χ1v) is 8.74. The van der Waals surface area contributed by atoms with Crippen LogP contribution < -0.4 is 5.32 Å². The number of urea groups is 1. The number of aromatic nitrogens is 2. The summed E-state index contributed by atoms with van der Waals surface area (Å²) >= 11 is 0. The van der Waals surface area contributed by atoms with Gasteiger partial charge in [-0.1, -0.05) is 0 Å². The van der Waals surface area contributed by atoms with Crippen LogP contribution in [0, 0.1) is 5.92 Å². The zero-order chi connectivity index (χ0) is 17.3. The van der Waals surface area contributed by atoms with Crippen LogP contribution in [0.5, 0.6) is 0 Å². The first-order valence-electron chi connectivity index (χ1n) is 8.74. The molecule has 24 heavy (non-hydrogen) atoms. The van der Waals surface area contributed by atoms with E-state index < -0.39 is 0 Å². The zero-order valence-electron chi connectivity index (χ0n) is 14.8. The molecule has 7 nitrogen and oxygen atoms in total. The lowest BCUT2D eigenvalue weighted by Gasteiger charge is -2.22. The van der Waals surface area contributed by atoms with Gasteiger partial charge in [-0.25, -0.2) is 4.79 Å². The molecule has 1 N–H and O–H groups in total. The van der Waals surface area contributed by atoms with Gasteiger partial charge in [-0.05, 0) is 40.0 Å². The fourth-order valence-electron chi connectivity index (χ4n) is 2.89. The normalized spacial score (nSPS) is 19.1. The lowest BCUT2D eigenvalue weighted by Crippen LogP contribution is -2.39. The van der Waals surface area contributed by atoms with Crippen LogP contribution in [0.4, 0.5) is 10.5 Å². The summed E-state index contributed by atoms with van der Waals surface area (Å²) in [6.07, 6.45) is 6.39. The van der Waals surface area contributed by atoms with Crippen LogP contribution in [-0.2, 0) is 10.3 Å². The topological polar surface area (TPSA) is 70.5 Å². The molecule has 0 atom stereocenters. The van der Waals surface area contributed by atoms with Crippen molar-refractivity contribution in [2.45, 2.75) is 45.6 Å². The number of hydrogen-bond acceptors (Lipinski definition) is 3. The van der Waals surface area contributed by atoms with Gasteiger partial charge in [0.1, 0.15) is 0 Å². The molecule has 0 unspecified atom stereocenters. The molecule has 0 aromatic carbocycles. The molecule has 0 bridgehead atoms. The average molecular weight is 333 g/mol. The van der Waals surface area contributed by atoms with Crippen LogP contribution in [0.1, 0.15) is 40.0 Å².